The smallest absolute Gasteiger partial charge is 0.249 e. The van der Waals surface area contributed by atoms with Gasteiger partial charge in [-0.25, -0.2) is 0 Å². The van der Waals surface area contributed by atoms with E-state index in [2.05, 4.69) is 0 Å². The molecule has 0 atom stereocenters. The summed E-state index contributed by atoms with van der Waals surface area (Å²) in [5.74, 6) is -1.30. The van der Waals surface area contributed by atoms with Gasteiger partial charge in [0.15, 0.2) is 0 Å². The number of rotatable bonds is 2. The summed E-state index contributed by atoms with van der Waals surface area (Å²) in [6.45, 7) is 0. The van der Waals surface area contributed by atoms with Gasteiger partial charge < -0.3 is 11.5 Å². The average Bonchev–Trinajstić information content (AvgIpc) is 2.04. The fourth-order valence-electron chi connectivity index (χ4n) is 0.913. The normalized spacial score (nSPS) is 8.62. The molecule has 1 rings (SSSR count). The molecule has 5 heteroatoms. The van der Waals surface area contributed by atoms with Crippen LogP contribution in [0.1, 0.15) is 20.7 Å². The fraction of sp³-hybridized carbons (Fsp3) is 0. The molecule has 0 bridgehead atoms. The minimum Gasteiger partial charge on any atom is -0.366 e. The first kappa shape index (κ1) is 11.7. The topological polar surface area (TPSA) is 86.2 Å². The summed E-state index contributed by atoms with van der Waals surface area (Å²) in [5.41, 5.74) is 10.3. The van der Waals surface area contributed by atoms with Crippen molar-refractivity contribution in [2.45, 2.75) is 0 Å². The van der Waals surface area contributed by atoms with Crippen molar-refractivity contribution in [2.75, 3.05) is 0 Å². The Hall–Kier alpha value is -1.35. The van der Waals surface area contributed by atoms with Crippen LogP contribution >= 0.6 is 0 Å². The SMILES string of the molecule is NC(=O)c1ccccc1C(N)=O.[Ni]. The van der Waals surface area contributed by atoms with Crippen molar-refractivity contribution in [3.8, 4) is 0 Å². The molecule has 0 aliphatic rings. The van der Waals surface area contributed by atoms with Gasteiger partial charge >= 0.3 is 0 Å². The van der Waals surface area contributed by atoms with E-state index in [0.29, 0.717) is 0 Å². The third-order valence-corrected chi connectivity index (χ3v) is 1.46. The predicted octanol–water partition coefficient (Wildman–Crippen LogP) is -0.118. The maximum atomic E-state index is 10.7. The Morgan fingerprint density at radius 1 is 0.923 bits per heavy atom. The number of hydrogen-bond acceptors (Lipinski definition) is 2. The maximum Gasteiger partial charge on any atom is 0.249 e. The second kappa shape index (κ2) is 4.62. The number of carbonyl (C=O) groups is 2. The number of amides is 2. The minimum atomic E-state index is -0.649. The Kier molecular flexibility index (Phi) is 4.14. The summed E-state index contributed by atoms with van der Waals surface area (Å²) >= 11 is 0. The number of primary amides is 2. The minimum absolute atomic E-state index is 0. The van der Waals surface area contributed by atoms with E-state index in [-0.39, 0.29) is 27.6 Å². The Labute approximate surface area is 85.2 Å². The molecule has 0 aliphatic heterocycles. The Bertz CT molecular complexity index is 306. The quantitative estimate of drug-likeness (QED) is 0.684. The summed E-state index contributed by atoms with van der Waals surface area (Å²) in [7, 11) is 0. The standard InChI is InChI=1S/C8H8N2O2.Ni/c9-7(11)5-3-1-2-4-6(5)8(10)12;/h1-4H,(H2,9,11)(H2,10,12);. The molecule has 0 fully saturated rings. The van der Waals surface area contributed by atoms with E-state index in [9.17, 15) is 9.59 Å². The molecule has 0 heterocycles. The van der Waals surface area contributed by atoms with E-state index in [1.165, 1.54) is 12.1 Å². The zero-order valence-corrected chi connectivity index (χ0v) is 7.58. The van der Waals surface area contributed by atoms with Gasteiger partial charge in [-0.2, -0.15) is 0 Å². The summed E-state index contributed by atoms with van der Waals surface area (Å²) in [6.07, 6.45) is 0. The Balaban J connectivity index is 0.00000144. The molecule has 1 aromatic rings. The monoisotopic (exact) mass is 222 g/mol. The van der Waals surface area contributed by atoms with Crippen molar-refractivity contribution in [3.63, 3.8) is 0 Å². The van der Waals surface area contributed by atoms with Crippen LogP contribution in [0.25, 0.3) is 0 Å². The van der Waals surface area contributed by atoms with Gasteiger partial charge in [-0.1, -0.05) is 12.1 Å². The Morgan fingerprint density at radius 2 is 1.23 bits per heavy atom. The average molecular weight is 223 g/mol. The zero-order chi connectivity index (χ0) is 9.14. The van der Waals surface area contributed by atoms with E-state index >= 15 is 0 Å². The van der Waals surface area contributed by atoms with Crippen molar-refractivity contribution >= 4 is 11.8 Å². The molecule has 72 valence electrons. The molecule has 0 saturated heterocycles. The third-order valence-electron chi connectivity index (χ3n) is 1.46. The molecule has 0 saturated carbocycles. The van der Waals surface area contributed by atoms with Gasteiger partial charge in [-0.15, -0.1) is 0 Å². The summed E-state index contributed by atoms with van der Waals surface area (Å²) in [4.78, 5) is 21.5. The van der Waals surface area contributed by atoms with Crippen LogP contribution in [0.2, 0.25) is 0 Å². The first-order valence-corrected chi connectivity index (χ1v) is 3.31. The van der Waals surface area contributed by atoms with Crippen LogP contribution in [-0.2, 0) is 16.5 Å². The van der Waals surface area contributed by atoms with Crippen LogP contribution < -0.4 is 11.5 Å². The van der Waals surface area contributed by atoms with Gasteiger partial charge in [0.25, 0.3) is 0 Å². The summed E-state index contributed by atoms with van der Waals surface area (Å²) < 4.78 is 0. The molecule has 13 heavy (non-hydrogen) atoms. The second-order valence-corrected chi connectivity index (χ2v) is 2.27. The van der Waals surface area contributed by atoms with Crippen molar-refractivity contribution in [2.24, 2.45) is 11.5 Å². The second-order valence-electron chi connectivity index (χ2n) is 2.27. The van der Waals surface area contributed by atoms with Crippen LogP contribution in [0.3, 0.4) is 0 Å². The van der Waals surface area contributed by atoms with Gasteiger partial charge in [-0.05, 0) is 12.1 Å². The molecule has 0 aromatic heterocycles. The molecule has 0 radical (unpaired) electrons. The van der Waals surface area contributed by atoms with Crippen molar-refractivity contribution in [3.05, 3.63) is 35.4 Å². The molecule has 2 amide bonds. The van der Waals surface area contributed by atoms with E-state index in [1.807, 2.05) is 0 Å². The van der Waals surface area contributed by atoms with Crippen molar-refractivity contribution in [1.82, 2.24) is 0 Å². The van der Waals surface area contributed by atoms with Gasteiger partial charge in [0.1, 0.15) is 0 Å². The van der Waals surface area contributed by atoms with Crippen molar-refractivity contribution < 1.29 is 26.1 Å². The summed E-state index contributed by atoms with van der Waals surface area (Å²) in [5, 5.41) is 0. The summed E-state index contributed by atoms with van der Waals surface area (Å²) in [6, 6.07) is 6.16. The molecule has 4 N–H and O–H groups in total. The molecule has 0 spiro atoms. The zero-order valence-electron chi connectivity index (χ0n) is 6.60. The van der Waals surface area contributed by atoms with Crippen LogP contribution in [0.4, 0.5) is 0 Å². The molecule has 1 aromatic carbocycles. The fourth-order valence-corrected chi connectivity index (χ4v) is 0.913. The predicted molar refractivity (Wildman–Crippen MR) is 43.5 cm³/mol. The first-order valence-electron chi connectivity index (χ1n) is 3.31. The van der Waals surface area contributed by atoms with Gasteiger partial charge in [-0.3, -0.25) is 9.59 Å². The largest absolute Gasteiger partial charge is 0.366 e. The number of nitrogens with two attached hydrogens (primary N) is 2. The number of hydrogen-bond donors (Lipinski definition) is 2. The number of benzene rings is 1. The maximum absolute atomic E-state index is 10.7. The van der Waals surface area contributed by atoms with Crippen LogP contribution in [0, 0.1) is 0 Å². The molecule has 0 aliphatic carbocycles. The van der Waals surface area contributed by atoms with Gasteiger partial charge in [0.05, 0.1) is 11.1 Å². The number of carbonyl (C=O) groups excluding carboxylic acids is 2. The molecule has 0 unspecified atom stereocenters. The molecular formula is C8H8N2NiO2. The van der Waals surface area contributed by atoms with Crippen molar-refractivity contribution in [1.29, 1.82) is 0 Å². The van der Waals surface area contributed by atoms with Crippen LogP contribution in [-0.4, -0.2) is 11.8 Å². The van der Waals surface area contributed by atoms with Crippen LogP contribution in [0.5, 0.6) is 0 Å². The van der Waals surface area contributed by atoms with Gasteiger partial charge in [0, 0.05) is 16.5 Å². The third kappa shape index (κ3) is 2.56. The van der Waals surface area contributed by atoms with Crippen LogP contribution in [0.15, 0.2) is 24.3 Å². The van der Waals surface area contributed by atoms with E-state index < -0.39 is 11.8 Å². The Morgan fingerprint density at radius 3 is 1.46 bits per heavy atom. The molecule has 4 nitrogen and oxygen atoms in total. The van der Waals surface area contributed by atoms with E-state index in [4.69, 9.17) is 11.5 Å². The van der Waals surface area contributed by atoms with E-state index in [0.717, 1.165) is 0 Å². The molecular weight excluding hydrogens is 215 g/mol. The first-order chi connectivity index (χ1) is 5.63. The van der Waals surface area contributed by atoms with Gasteiger partial charge in [0.2, 0.25) is 11.8 Å². The van der Waals surface area contributed by atoms with E-state index in [1.54, 1.807) is 12.1 Å².